The van der Waals surface area contributed by atoms with Gasteiger partial charge in [-0.05, 0) is 49.4 Å². The maximum absolute atomic E-state index is 12.4. The lowest BCUT2D eigenvalue weighted by atomic mass is 10.1. The van der Waals surface area contributed by atoms with Crippen molar-refractivity contribution in [1.29, 1.82) is 0 Å². The van der Waals surface area contributed by atoms with Crippen molar-refractivity contribution in [1.82, 2.24) is 5.32 Å². The van der Waals surface area contributed by atoms with E-state index < -0.39 is 9.84 Å². The highest BCUT2D eigenvalue weighted by atomic mass is 32.2. The van der Waals surface area contributed by atoms with Gasteiger partial charge in [0.05, 0.1) is 23.6 Å². The summed E-state index contributed by atoms with van der Waals surface area (Å²) >= 11 is 0. The third-order valence-electron chi connectivity index (χ3n) is 4.40. The molecule has 0 aromatic heterocycles. The van der Waals surface area contributed by atoms with Crippen LogP contribution in [0.15, 0.2) is 29.2 Å². The summed E-state index contributed by atoms with van der Waals surface area (Å²) in [6.07, 6.45) is 4.34. The summed E-state index contributed by atoms with van der Waals surface area (Å²) in [5, 5.41) is 2.95. The molecule has 7 heteroatoms. The molecule has 1 aromatic rings. The number of amides is 1. The Labute approximate surface area is 142 Å². The second-order valence-electron chi connectivity index (χ2n) is 6.56. The minimum atomic E-state index is -3.26. The highest BCUT2D eigenvalue weighted by Gasteiger charge is 2.30. The van der Waals surface area contributed by atoms with Crippen LogP contribution in [0.3, 0.4) is 0 Å². The van der Waals surface area contributed by atoms with Crippen molar-refractivity contribution in [3.8, 4) is 0 Å². The molecule has 0 unspecified atom stereocenters. The van der Waals surface area contributed by atoms with Gasteiger partial charge in [0.1, 0.15) is 0 Å². The summed E-state index contributed by atoms with van der Waals surface area (Å²) in [7, 11) is -3.26. The molecule has 1 N–H and O–H groups in total. The smallest absolute Gasteiger partial charge is 0.251 e. The first kappa shape index (κ1) is 17.4. The van der Waals surface area contributed by atoms with Crippen LogP contribution in [0.2, 0.25) is 0 Å². The molecule has 1 aliphatic heterocycles. The first-order valence-electron chi connectivity index (χ1n) is 8.24. The van der Waals surface area contributed by atoms with Crippen LogP contribution in [0, 0.1) is 5.92 Å². The lowest BCUT2D eigenvalue weighted by molar-refractivity contribution is -0.0567. The minimum Gasteiger partial charge on any atom is -0.379 e. The van der Waals surface area contributed by atoms with E-state index in [4.69, 9.17) is 9.47 Å². The number of carbonyl (C=O) groups excluding carboxylic acids is 1. The number of hydrogen-bond acceptors (Lipinski definition) is 5. The quantitative estimate of drug-likeness (QED) is 0.836. The zero-order chi connectivity index (χ0) is 17.2. The number of hydrogen-bond donors (Lipinski definition) is 1. The van der Waals surface area contributed by atoms with Gasteiger partial charge in [-0.3, -0.25) is 4.79 Å². The third-order valence-corrected chi connectivity index (χ3v) is 5.53. The summed E-state index contributed by atoms with van der Waals surface area (Å²) < 4.78 is 34.4. The van der Waals surface area contributed by atoms with E-state index >= 15 is 0 Å². The van der Waals surface area contributed by atoms with Crippen molar-refractivity contribution < 1.29 is 22.7 Å². The van der Waals surface area contributed by atoms with Crippen molar-refractivity contribution in [2.75, 3.05) is 26.1 Å². The fourth-order valence-corrected chi connectivity index (χ4v) is 3.33. The Balaban J connectivity index is 1.61. The van der Waals surface area contributed by atoms with Crippen LogP contribution in [-0.4, -0.2) is 52.5 Å². The monoisotopic (exact) mass is 353 g/mol. The molecular formula is C17H23NO5S. The van der Waals surface area contributed by atoms with Gasteiger partial charge in [-0.15, -0.1) is 0 Å². The molecule has 0 spiro atoms. The van der Waals surface area contributed by atoms with E-state index in [-0.39, 0.29) is 22.9 Å². The summed E-state index contributed by atoms with van der Waals surface area (Å²) in [4.78, 5) is 12.6. The molecule has 24 heavy (non-hydrogen) atoms. The van der Waals surface area contributed by atoms with E-state index in [0.717, 1.165) is 19.3 Å². The van der Waals surface area contributed by atoms with Gasteiger partial charge in [0.15, 0.2) is 9.84 Å². The van der Waals surface area contributed by atoms with Gasteiger partial charge in [-0.1, -0.05) is 0 Å². The van der Waals surface area contributed by atoms with Crippen LogP contribution < -0.4 is 5.32 Å². The molecule has 1 heterocycles. The normalized spacial score (nSPS) is 24.5. The summed E-state index contributed by atoms with van der Waals surface area (Å²) in [6, 6.07) is 5.76. The number of ether oxygens (including phenoxy) is 2. The van der Waals surface area contributed by atoms with Crippen molar-refractivity contribution in [3.63, 3.8) is 0 Å². The van der Waals surface area contributed by atoms with Crippen LogP contribution in [0.1, 0.15) is 29.6 Å². The molecule has 2 aliphatic rings. The van der Waals surface area contributed by atoms with E-state index in [2.05, 4.69) is 5.32 Å². The maximum Gasteiger partial charge on any atom is 0.251 e. The molecule has 1 amide bonds. The van der Waals surface area contributed by atoms with Crippen molar-refractivity contribution in [3.05, 3.63) is 29.8 Å². The molecule has 0 bridgehead atoms. The Morgan fingerprint density at radius 1 is 1.25 bits per heavy atom. The summed E-state index contributed by atoms with van der Waals surface area (Å²) in [5.74, 6) is 0.429. The van der Waals surface area contributed by atoms with E-state index in [1.54, 1.807) is 0 Å². The van der Waals surface area contributed by atoms with Gasteiger partial charge in [0.25, 0.3) is 5.91 Å². The topological polar surface area (TPSA) is 81.7 Å². The molecule has 3 rings (SSSR count). The number of carbonyl (C=O) groups is 1. The second-order valence-corrected chi connectivity index (χ2v) is 8.57. The Kier molecular flexibility index (Phi) is 5.22. The van der Waals surface area contributed by atoms with Gasteiger partial charge in [-0.25, -0.2) is 8.42 Å². The van der Waals surface area contributed by atoms with Crippen LogP contribution in [0.4, 0.5) is 0 Å². The summed E-state index contributed by atoms with van der Waals surface area (Å²) in [6.45, 7) is 1.83. The largest absolute Gasteiger partial charge is 0.379 e. The molecule has 2 fully saturated rings. The number of sulfone groups is 1. The van der Waals surface area contributed by atoms with E-state index in [0.29, 0.717) is 24.7 Å². The van der Waals surface area contributed by atoms with Crippen LogP contribution >= 0.6 is 0 Å². The van der Waals surface area contributed by atoms with Crippen LogP contribution in [0.5, 0.6) is 0 Å². The SMILES string of the molecule is CS(=O)(=O)c1ccc(C(=O)N[C@@H]2COCC[C@@H]2OCC2CC2)cc1. The van der Waals surface area contributed by atoms with Crippen LogP contribution in [0.25, 0.3) is 0 Å². The maximum atomic E-state index is 12.4. The molecule has 2 atom stereocenters. The molecule has 1 saturated carbocycles. The Morgan fingerprint density at radius 3 is 2.58 bits per heavy atom. The average molecular weight is 353 g/mol. The van der Waals surface area contributed by atoms with E-state index in [1.807, 2.05) is 0 Å². The Bertz CT molecular complexity index is 681. The van der Waals surface area contributed by atoms with Crippen molar-refractivity contribution >= 4 is 15.7 Å². The predicted octanol–water partition coefficient (Wildman–Crippen LogP) is 1.40. The Morgan fingerprint density at radius 2 is 1.96 bits per heavy atom. The average Bonchev–Trinajstić information content (AvgIpc) is 3.38. The fourth-order valence-electron chi connectivity index (χ4n) is 2.70. The van der Waals surface area contributed by atoms with E-state index in [9.17, 15) is 13.2 Å². The first-order valence-corrected chi connectivity index (χ1v) is 10.1. The molecule has 1 aromatic carbocycles. The Hall–Kier alpha value is -1.44. The van der Waals surface area contributed by atoms with Crippen molar-refractivity contribution in [2.45, 2.75) is 36.3 Å². The predicted molar refractivity (Wildman–Crippen MR) is 88.7 cm³/mol. The fraction of sp³-hybridized carbons (Fsp3) is 0.588. The molecule has 6 nitrogen and oxygen atoms in total. The minimum absolute atomic E-state index is 0.0291. The van der Waals surface area contributed by atoms with E-state index in [1.165, 1.54) is 37.1 Å². The highest BCUT2D eigenvalue weighted by Crippen LogP contribution is 2.30. The van der Waals surface area contributed by atoms with Gasteiger partial charge in [-0.2, -0.15) is 0 Å². The third kappa shape index (κ3) is 4.55. The molecule has 0 radical (unpaired) electrons. The van der Waals surface area contributed by atoms with Gasteiger partial charge < -0.3 is 14.8 Å². The molecule has 1 saturated heterocycles. The molecule has 132 valence electrons. The number of benzene rings is 1. The molecule has 1 aliphatic carbocycles. The van der Waals surface area contributed by atoms with Gasteiger partial charge in [0, 0.05) is 25.0 Å². The standard InChI is InChI=1S/C17H23NO5S/c1-24(20,21)14-6-4-13(5-7-14)17(19)18-15-11-22-9-8-16(15)23-10-12-2-3-12/h4-7,12,15-16H,2-3,8-11H2,1H3,(H,18,19)/t15-,16+/m1/s1. The van der Waals surface area contributed by atoms with Gasteiger partial charge in [0.2, 0.25) is 0 Å². The van der Waals surface area contributed by atoms with Crippen LogP contribution in [-0.2, 0) is 19.3 Å². The summed E-state index contributed by atoms with van der Waals surface area (Å²) in [5.41, 5.74) is 0.425. The lowest BCUT2D eigenvalue weighted by Gasteiger charge is -2.32. The number of rotatable bonds is 6. The zero-order valence-corrected chi connectivity index (χ0v) is 14.6. The molecular weight excluding hydrogens is 330 g/mol. The lowest BCUT2D eigenvalue weighted by Crippen LogP contribution is -2.50. The number of nitrogens with one attached hydrogen (secondary N) is 1. The highest BCUT2D eigenvalue weighted by molar-refractivity contribution is 7.90. The van der Waals surface area contributed by atoms with Gasteiger partial charge >= 0.3 is 0 Å². The second kappa shape index (κ2) is 7.21. The van der Waals surface area contributed by atoms with Crippen molar-refractivity contribution in [2.24, 2.45) is 5.92 Å². The first-order chi connectivity index (χ1) is 11.4. The zero-order valence-electron chi connectivity index (χ0n) is 13.7.